The molecule has 0 spiro atoms. The van der Waals surface area contributed by atoms with E-state index >= 15 is 0 Å². The highest BCUT2D eigenvalue weighted by Crippen LogP contribution is 2.31. The molecule has 8 nitrogen and oxygen atoms in total. The largest absolute Gasteiger partial charge is 0.450 e. The van der Waals surface area contributed by atoms with Crippen molar-refractivity contribution < 1.29 is 23.5 Å². The molecule has 3 rings (SSSR count). The lowest BCUT2D eigenvalue weighted by Gasteiger charge is -2.04. The van der Waals surface area contributed by atoms with Gasteiger partial charge in [0.2, 0.25) is 5.76 Å². The summed E-state index contributed by atoms with van der Waals surface area (Å²) in [4.78, 5) is 39.1. The Kier molecular flexibility index (Phi) is 5.28. The fourth-order valence-electron chi connectivity index (χ4n) is 2.11. The van der Waals surface area contributed by atoms with E-state index in [-0.39, 0.29) is 5.76 Å². The maximum absolute atomic E-state index is 12.0. The second-order valence-corrected chi connectivity index (χ2v) is 6.17. The molecule has 0 radical (unpaired) electrons. The number of benzene rings is 1. The summed E-state index contributed by atoms with van der Waals surface area (Å²) >= 11 is 1.44. The number of rotatable bonds is 5. The lowest BCUT2D eigenvalue weighted by atomic mass is 10.3. The molecule has 0 saturated carbocycles. The number of carbonyl (C=O) groups excluding carboxylic acids is 3. The number of esters is 1. The van der Waals surface area contributed by atoms with Crippen LogP contribution in [0.15, 0.2) is 40.8 Å². The summed E-state index contributed by atoms with van der Waals surface area (Å²) in [6.45, 7) is 1.50. The number of para-hydroxylation sites is 1. The molecule has 2 aromatic heterocycles. The van der Waals surface area contributed by atoms with Crippen LogP contribution in [-0.4, -0.2) is 36.0 Å². The molecular formula is C17H15N3O5S. The Labute approximate surface area is 152 Å². The van der Waals surface area contributed by atoms with Gasteiger partial charge in [-0.15, -0.1) is 11.3 Å². The molecule has 0 bridgehead atoms. The van der Waals surface area contributed by atoms with Crippen molar-refractivity contribution >= 4 is 39.5 Å². The molecule has 26 heavy (non-hydrogen) atoms. The van der Waals surface area contributed by atoms with E-state index in [9.17, 15) is 14.4 Å². The van der Waals surface area contributed by atoms with Gasteiger partial charge in [0, 0.05) is 6.54 Å². The van der Waals surface area contributed by atoms with Crippen molar-refractivity contribution in [2.45, 2.75) is 6.92 Å². The number of thiazole rings is 1. The van der Waals surface area contributed by atoms with Crippen LogP contribution in [0, 0.1) is 0 Å². The second kappa shape index (κ2) is 7.79. The van der Waals surface area contributed by atoms with E-state index in [2.05, 4.69) is 10.3 Å². The van der Waals surface area contributed by atoms with Crippen molar-refractivity contribution in [3.63, 3.8) is 0 Å². The zero-order chi connectivity index (χ0) is 18.5. The molecule has 2 heterocycles. The number of nitrogens with zero attached hydrogens (tertiary/aromatic N) is 1. The predicted molar refractivity (Wildman–Crippen MR) is 94.8 cm³/mol. The number of carbonyl (C=O) groups is 3. The zero-order valence-electron chi connectivity index (χ0n) is 13.8. The predicted octanol–water partition coefficient (Wildman–Crippen LogP) is 2.56. The monoisotopic (exact) mass is 373 g/mol. The molecule has 0 aliphatic carbocycles. The molecule has 0 fully saturated rings. The topological polar surface area (TPSA) is 111 Å². The van der Waals surface area contributed by atoms with Crippen molar-refractivity contribution in [2.24, 2.45) is 0 Å². The fourth-order valence-corrected chi connectivity index (χ4v) is 3.04. The van der Waals surface area contributed by atoms with Crippen molar-refractivity contribution in [1.29, 1.82) is 0 Å². The summed E-state index contributed by atoms with van der Waals surface area (Å²) in [6.07, 6.45) is 0. The molecule has 0 unspecified atom stereocenters. The molecule has 0 atom stereocenters. The smallest absolute Gasteiger partial charge is 0.374 e. The van der Waals surface area contributed by atoms with Crippen LogP contribution < -0.4 is 10.6 Å². The van der Waals surface area contributed by atoms with E-state index in [0.717, 1.165) is 10.2 Å². The van der Waals surface area contributed by atoms with E-state index < -0.39 is 24.5 Å². The lowest BCUT2D eigenvalue weighted by Crippen LogP contribution is -2.41. The first-order valence-electron chi connectivity index (χ1n) is 7.77. The lowest BCUT2D eigenvalue weighted by molar-refractivity contribution is -0.123. The minimum atomic E-state index is -0.802. The van der Waals surface area contributed by atoms with Crippen LogP contribution in [0.3, 0.4) is 0 Å². The van der Waals surface area contributed by atoms with Gasteiger partial charge in [0.1, 0.15) is 0 Å². The van der Waals surface area contributed by atoms with Gasteiger partial charge in [-0.05, 0) is 31.2 Å². The molecule has 0 aliphatic rings. The van der Waals surface area contributed by atoms with Gasteiger partial charge in [0.25, 0.3) is 5.91 Å². The fraction of sp³-hybridized carbons (Fsp3) is 0.176. The Hall–Kier alpha value is -3.20. The number of hydrogen-bond acceptors (Lipinski definition) is 7. The van der Waals surface area contributed by atoms with Crippen LogP contribution in [-0.2, 0) is 9.53 Å². The molecule has 9 heteroatoms. The Morgan fingerprint density at radius 3 is 2.77 bits per heavy atom. The summed E-state index contributed by atoms with van der Waals surface area (Å²) in [7, 11) is 0. The maximum atomic E-state index is 12.0. The molecule has 1 aromatic carbocycles. The van der Waals surface area contributed by atoms with Crippen LogP contribution in [0.25, 0.3) is 21.0 Å². The number of furan rings is 1. The highest BCUT2D eigenvalue weighted by molar-refractivity contribution is 7.21. The molecule has 0 aliphatic heterocycles. The van der Waals surface area contributed by atoms with Crippen molar-refractivity contribution in [3.8, 4) is 10.8 Å². The van der Waals surface area contributed by atoms with E-state index in [4.69, 9.17) is 9.15 Å². The minimum absolute atomic E-state index is 0.0509. The number of fused-ring (bicyclic) bond motifs is 1. The summed E-state index contributed by atoms with van der Waals surface area (Å²) in [6, 6.07) is 10.1. The Morgan fingerprint density at radius 2 is 2.00 bits per heavy atom. The number of ether oxygens (including phenoxy) is 1. The number of hydrogen-bond donors (Lipinski definition) is 2. The number of aromatic nitrogens is 1. The Bertz CT molecular complexity index is 929. The second-order valence-electron chi connectivity index (χ2n) is 5.13. The average molecular weight is 373 g/mol. The summed E-state index contributed by atoms with van der Waals surface area (Å²) in [5, 5.41) is 5.06. The van der Waals surface area contributed by atoms with Crippen LogP contribution in [0.1, 0.15) is 17.5 Å². The standard InChI is InChI=1S/C17H15N3O5S/c1-2-18-17(23)20-14(21)9-24-16(22)12-8-7-11(25-12)15-19-10-5-3-4-6-13(10)26-15/h3-8H,2,9H2,1H3,(H2,18,20,21,23). The third kappa shape index (κ3) is 4.06. The summed E-state index contributed by atoms with van der Waals surface area (Å²) < 4.78 is 11.3. The number of amides is 3. The van der Waals surface area contributed by atoms with E-state index in [1.54, 1.807) is 13.0 Å². The van der Waals surface area contributed by atoms with Gasteiger partial charge in [-0.2, -0.15) is 0 Å². The van der Waals surface area contributed by atoms with Crippen molar-refractivity contribution in [3.05, 3.63) is 42.2 Å². The first-order valence-corrected chi connectivity index (χ1v) is 8.59. The third-order valence-corrected chi connectivity index (χ3v) is 4.29. The maximum Gasteiger partial charge on any atom is 0.374 e. The number of nitrogens with one attached hydrogen (secondary N) is 2. The molecule has 3 aromatic rings. The first kappa shape index (κ1) is 17.6. The van der Waals surface area contributed by atoms with Gasteiger partial charge in [-0.25, -0.2) is 14.6 Å². The molecule has 0 saturated heterocycles. The molecule has 134 valence electrons. The highest BCUT2D eigenvalue weighted by Gasteiger charge is 2.17. The average Bonchev–Trinajstić information content (AvgIpc) is 3.26. The quantitative estimate of drug-likeness (QED) is 0.665. The number of imide groups is 1. The van der Waals surface area contributed by atoms with E-state index in [1.807, 2.05) is 29.6 Å². The molecule has 3 amide bonds. The summed E-state index contributed by atoms with van der Waals surface area (Å²) in [5.74, 6) is -1.15. The summed E-state index contributed by atoms with van der Waals surface area (Å²) in [5.41, 5.74) is 0.843. The SMILES string of the molecule is CCNC(=O)NC(=O)COC(=O)c1ccc(-c2nc3ccccc3s2)o1. The Balaban J connectivity index is 1.61. The van der Waals surface area contributed by atoms with Gasteiger partial charge in [-0.1, -0.05) is 12.1 Å². The van der Waals surface area contributed by atoms with Crippen LogP contribution in [0.5, 0.6) is 0 Å². The van der Waals surface area contributed by atoms with Crippen LogP contribution >= 0.6 is 11.3 Å². The van der Waals surface area contributed by atoms with Gasteiger partial charge in [0.05, 0.1) is 10.2 Å². The van der Waals surface area contributed by atoms with Gasteiger partial charge in [-0.3, -0.25) is 10.1 Å². The van der Waals surface area contributed by atoms with Crippen molar-refractivity contribution in [2.75, 3.05) is 13.2 Å². The van der Waals surface area contributed by atoms with Crippen molar-refractivity contribution in [1.82, 2.24) is 15.6 Å². The van der Waals surface area contributed by atoms with E-state index in [0.29, 0.717) is 17.3 Å². The normalized spacial score (nSPS) is 10.5. The van der Waals surface area contributed by atoms with Gasteiger partial charge in [0.15, 0.2) is 17.4 Å². The highest BCUT2D eigenvalue weighted by atomic mass is 32.1. The van der Waals surface area contributed by atoms with Gasteiger partial charge < -0.3 is 14.5 Å². The molecule has 2 N–H and O–H groups in total. The van der Waals surface area contributed by atoms with E-state index in [1.165, 1.54) is 17.4 Å². The van der Waals surface area contributed by atoms with Gasteiger partial charge >= 0.3 is 12.0 Å². The molecular weight excluding hydrogens is 358 g/mol. The zero-order valence-corrected chi connectivity index (χ0v) is 14.6. The third-order valence-electron chi connectivity index (χ3n) is 3.24. The minimum Gasteiger partial charge on any atom is -0.450 e. The number of urea groups is 1. The first-order chi connectivity index (χ1) is 12.6. The van der Waals surface area contributed by atoms with Crippen LogP contribution in [0.2, 0.25) is 0 Å². The Morgan fingerprint density at radius 1 is 1.19 bits per heavy atom. The van der Waals surface area contributed by atoms with Crippen LogP contribution in [0.4, 0.5) is 4.79 Å².